The monoisotopic (exact) mass is 360 g/mol. The van der Waals surface area contributed by atoms with Gasteiger partial charge in [-0.15, -0.1) is 0 Å². The van der Waals surface area contributed by atoms with Crippen molar-refractivity contribution in [3.8, 4) is 0 Å². The number of benzene rings is 1. The molecule has 3 atom stereocenters. The lowest BCUT2D eigenvalue weighted by molar-refractivity contribution is 0.205. The first-order valence-electron chi connectivity index (χ1n) is 9.93. The van der Waals surface area contributed by atoms with Crippen molar-refractivity contribution in [3.05, 3.63) is 35.4 Å². The van der Waals surface area contributed by atoms with Gasteiger partial charge in [0.2, 0.25) is 0 Å². The molecule has 5 heteroatoms. The highest BCUT2D eigenvalue weighted by Gasteiger charge is 2.59. The molecule has 1 spiro atoms. The minimum Gasteiger partial charge on any atom is -0.195 e. The van der Waals surface area contributed by atoms with E-state index in [9.17, 15) is 8.42 Å². The summed E-state index contributed by atoms with van der Waals surface area (Å²) in [6.45, 7) is 1.42. The third-order valence-corrected chi connectivity index (χ3v) is 9.00. The van der Waals surface area contributed by atoms with Crippen LogP contribution in [0, 0.1) is 17.8 Å². The Kier molecular flexibility index (Phi) is 3.77. The molecule has 4 nitrogen and oxygen atoms in total. The Hall–Kier alpha value is -0.910. The van der Waals surface area contributed by atoms with E-state index in [0.717, 1.165) is 32.2 Å². The fourth-order valence-corrected chi connectivity index (χ4v) is 7.89. The van der Waals surface area contributed by atoms with E-state index in [2.05, 4.69) is 29.0 Å². The molecule has 0 aromatic heterocycles. The third-order valence-electron chi connectivity index (χ3n) is 7.41. The standard InChI is InChI=1S/C20H28N2O2S/c23-25(24)21-20(14-22(25)13-15-5-1-2-6-15)18-9-10-19(20)12-17-8-4-3-7-16(17)11-18/h3-4,7-8,15,18-19,21H,1-2,5-6,9-14H2/t18-,19+,20?. The molecule has 4 aliphatic rings. The van der Waals surface area contributed by atoms with Gasteiger partial charge in [-0.3, -0.25) is 0 Å². The Morgan fingerprint density at radius 1 is 1.00 bits per heavy atom. The highest BCUT2D eigenvalue weighted by atomic mass is 32.2. The zero-order valence-electron chi connectivity index (χ0n) is 14.8. The normalized spacial score (nSPS) is 37.4. The number of nitrogens with one attached hydrogen (secondary N) is 1. The molecule has 1 unspecified atom stereocenters. The molecule has 1 aliphatic heterocycles. The van der Waals surface area contributed by atoms with Gasteiger partial charge in [-0.2, -0.15) is 17.4 Å². The quantitative estimate of drug-likeness (QED) is 0.882. The lowest BCUT2D eigenvalue weighted by Crippen LogP contribution is -2.52. The maximum absolute atomic E-state index is 12.9. The summed E-state index contributed by atoms with van der Waals surface area (Å²) in [4.78, 5) is 0. The van der Waals surface area contributed by atoms with E-state index in [1.807, 2.05) is 0 Å². The van der Waals surface area contributed by atoms with Crippen LogP contribution < -0.4 is 4.72 Å². The van der Waals surface area contributed by atoms with Gasteiger partial charge in [-0.05, 0) is 67.4 Å². The van der Waals surface area contributed by atoms with Crippen LogP contribution >= 0.6 is 0 Å². The Balaban J connectivity index is 1.46. The predicted octanol–water partition coefficient (Wildman–Crippen LogP) is 2.89. The molecule has 25 heavy (non-hydrogen) atoms. The van der Waals surface area contributed by atoms with Crippen molar-refractivity contribution < 1.29 is 8.42 Å². The second kappa shape index (κ2) is 5.80. The van der Waals surface area contributed by atoms with Crippen LogP contribution in [0.5, 0.6) is 0 Å². The Bertz CT molecular complexity index is 737. The number of hydrogen-bond acceptors (Lipinski definition) is 2. The Labute approximate surface area is 151 Å². The van der Waals surface area contributed by atoms with Gasteiger partial charge in [-0.25, -0.2) is 0 Å². The van der Waals surface area contributed by atoms with Crippen LogP contribution in [0.2, 0.25) is 0 Å². The topological polar surface area (TPSA) is 49.4 Å². The van der Waals surface area contributed by atoms with E-state index >= 15 is 0 Å². The zero-order chi connectivity index (χ0) is 17.1. The predicted molar refractivity (Wildman–Crippen MR) is 98.4 cm³/mol. The molecule has 5 rings (SSSR count). The maximum atomic E-state index is 12.9. The number of fused-ring (bicyclic) bond motifs is 1. The Morgan fingerprint density at radius 2 is 1.60 bits per heavy atom. The highest BCUT2D eigenvalue weighted by Crippen LogP contribution is 2.50. The largest absolute Gasteiger partial charge is 0.280 e. The first kappa shape index (κ1) is 16.3. The van der Waals surface area contributed by atoms with Crippen molar-refractivity contribution in [2.24, 2.45) is 17.8 Å². The molecule has 0 radical (unpaired) electrons. The fourth-order valence-electron chi connectivity index (χ4n) is 6.09. The summed E-state index contributed by atoms with van der Waals surface area (Å²) in [6, 6.07) is 8.72. The van der Waals surface area contributed by atoms with Gasteiger partial charge in [0.05, 0.1) is 5.54 Å². The molecule has 1 aromatic rings. The van der Waals surface area contributed by atoms with Crippen LogP contribution in [0.4, 0.5) is 0 Å². The Morgan fingerprint density at radius 3 is 2.20 bits per heavy atom. The molecule has 3 aliphatic carbocycles. The van der Waals surface area contributed by atoms with E-state index < -0.39 is 10.2 Å². The summed E-state index contributed by atoms with van der Waals surface area (Å²) in [5.74, 6) is 1.43. The molecular weight excluding hydrogens is 332 g/mol. The molecule has 0 amide bonds. The van der Waals surface area contributed by atoms with Gasteiger partial charge >= 0.3 is 0 Å². The average Bonchev–Trinajstić information content (AvgIpc) is 3.21. The van der Waals surface area contributed by atoms with E-state index in [0.29, 0.717) is 24.3 Å². The van der Waals surface area contributed by atoms with Gasteiger partial charge in [0.1, 0.15) is 0 Å². The van der Waals surface area contributed by atoms with Crippen LogP contribution in [-0.2, 0) is 23.1 Å². The summed E-state index contributed by atoms with van der Waals surface area (Å²) >= 11 is 0. The molecule has 2 saturated carbocycles. The summed E-state index contributed by atoms with van der Waals surface area (Å²) in [5.41, 5.74) is 2.63. The first-order chi connectivity index (χ1) is 12.1. The molecule has 136 valence electrons. The van der Waals surface area contributed by atoms with Crippen molar-refractivity contribution >= 4 is 10.2 Å². The number of hydrogen-bond donors (Lipinski definition) is 1. The van der Waals surface area contributed by atoms with Crippen molar-refractivity contribution in [2.75, 3.05) is 13.1 Å². The second-order valence-electron chi connectivity index (χ2n) is 8.74. The molecule has 2 bridgehead atoms. The molecule has 1 N–H and O–H groups in total. The van der Waals surface area contributed by atoms with E-state index in [1.165, 1.54) is 36.8 Å². The zero-order valence-corrected chi connectivity index (χ0v) is 15.6. The third kappa shape index (κ3) is 2.58. The average molecular weight is 361 g/mol. The van der Waals surface area contributed by atoms with Crippen LogP contribution in [0.1, 0.15) is 49.7 Å². The molecule has 3 fully saturated rings. The molecule has 1 heterocycles. The van der Waals surface area contributed by atoms with Gasteiger partial charge in [0, 0.05) is 13.1 Å². The van der Waals surface area contributed by atoms with Crippen molar-refractivity contribution in [1.82, 2.24) is 9.03 Å². The lowest BCUT2D eigenvalue weighted by Gasteiger charge is -2.33. The smallest absolute Gasteiger partial charge is 0.195 e. The van der Waals surface area contributed by atoms with Crippen molar-refractivity contribution in [1.29, 1.82) is 0 Å². The van der Waals surface area contributed by atoms with Crippen molar-refractivity contribution in [2.45, 2.75) is 56.9 Å². The van der Waals surface area contributed by atoms with E-state index in [4.69, 9.17) is 0 Å². The van der Waals surface area contributed by atoms with Crippen LogP contribution in [-0.4, -0.2) is 31.4 Å². The van der Waals surface area contributed by atoms with E-state index in [-0.39, 0.29) is 5.54 Å². The van der Waals surface area contributed by atoms with Gasteiger partial charge in [0.25, 0.3) is 10.2 Å². The van der Waals surface area contributed by atoms with Crippen molar-refractivity contribution in [3.63, 3.8) is 0 Å². The minimum atomic E-state index is -3.33. The maximum Gasteiger partial charge on any atom is 0.280 e. The van der Waals surface area contributed by atoms with Gasteiger partial charge in [-0.1, -0.05) is 37.1 Å². The first-order valence-corrected chi connectivity index (χ1v) is 11.4. The summed E-state index contributed by atoms with van der Waals surface area (Å²) < 4.78 is 30.9. The van der Waals surface area contributed by atoms with Crippen LogP contribution in [0.15, 0.2) is 24.3 Å². The molecule has 1 aromatic carbocycles. The highest BCUT2D eigenvalue weighted by molar-refractivity contribution is 7.87. The number of nitrogens with zero attached hydrogens (tertiary/aromatic N) is 1. The van der Waals surface area contributed by atoms with E-state index in [1.54, 1.807) is 4.31 Å². The van der Waals surface area contributed by atoms with Crippen LogP contribution in [0.3, 0.4) is 0 Å². The lowest BCUT2D eigenvalue weighted by atomic mass is 9.79. The van der Waals surface area contributed by atoms with Gasteiger partial charge in [0.15, 0.2) is 0 Å². The summed E-state index contributed by atoms with van der Waals surface area (Å²) in [6.07, 6.45) is 9.25. The summed E-state index contributed by atoms with van der Waals surface area (Å²) in [5, 5.41) is 0. The summed E-state index contributed by atoms with van der Waals surface area (Å²) in [7, 11) is -3.33. The fraction of sp³-hybridized carbons (Fsp3) is 0.700. The molecule has 1 saturated heterocycles. The van der Waals surface area contributed by atoms with Gasteiger partial charge < -0.3 is 0 Å². The van der Waals surface area contributed by atoms with Crippen LogP contribution in [0.25, 0.3) is 0 Å². The number of rotatable bonds is 2. The second-order valence-corrected chi connectivity index (χ2v) is 10.4. The molecular formula is C20H28N2O2S. The minimum absolute atomic E-state index is 0.240. The SMILES string of the molecule is O=S1(=O)NC2(CN1CC1CCCC1)[C@@H]1CC[C@H]2Cc2ccccc2C1.